The number of aryl methyl sites for hydroxylation is 1. The topological polar surface area (TPSA) is 12.0 Å². The second kappa shape index (κ2) is 6.76. The lowest BCUT2D eigenvalue weighted by Crippen LogP contribution is -2.34. The Balaban J connectivity index is 1.65. The summed E-state index contributed by atoms with van der Waals surface area (Å²) in [5, 5.41) is 3.83. The Labute approximate surface area is 135 Å². The number of halogens is 1. The monoisotopic (exact) mass is 343 g/mol. The summed E-state index contributed by atoms with van der Waals surface area (Å²) >= 11 is 3.49. The molecule has 0 aliphatic heterocycles. The molecule has 2 aromatic carbocycles. The highest BCUT2D eigenvalue weighted by molar-refractivity contribution is 9.10. The van der Waals surface area contributed by atoms with Crippen LogP contribution in [0.4, 0.5) is 0 Å². The van der Waals surface area contributed by atoms with Gasteiger partial charge in [0.2, 0.25) is 0 Å². The average molecular weight is 344 g/mol. The van der Waals surface area contributed by atoms with Gasteiger partial charge in [0.1, 0.15) is 0 Å². The molecule has 1 aliphatic rings. The number of rotatable bonds is 4. The first-order valence-electron chi connectivity index (χ1n) is 7.80. The lowest BCUT2D eigenvalue weighted by atomic mass is 9.87. The predicted octanol–water partition coefficient (Wildman–Crippen LogP) is 5.05. The van der Waals surface area contributed by atoms with Gasteiger partial charge in [-0.05, 0) is 61.4 Å². The summed E-state index contributed by atoms with van der Waals surface area (Å²) in [5.41, 5.74) is 4.42. The van der Waals surface area contributed by atoms with Crippen molar-refractivity contribution in [2.45, 2.75) is 44.7 Å². The maximum absolute atomic E-state index is 3.83. The quantitative estimate of drug-likeness (QED) is 0.819. The maximum Gasteiger partial charge on any atom is 0.0325 e. The van der Waals surface area contributed by atoms with E-state index in [2.05, 4.69) is 76.7 Å². The van der Waals surface area contributed by atoms with Crippen molar-refractivity contribution in [1.82, 2.24) is 5.32 Å². The maximum atomic E-state index is 3.83. The molecule has 1 aliphatic carbocycles. The summed E-state index contributed by atoms with van der Waals surface area (Å²) in [5.74, 6) is 0. The molecule has 0 saturated heterocycles. The van der Waals surface area contributed by atoms with E-state index in [0.717, 1.165) is 10.9 Å². The third kappa shape index (κ3) is 3.75. The lowest BCUT2D eigenvalue weighted by Gasteiger charge is -2.29. The number of hydrogen-bond acceptors (Lipinski definition) is 1. The van der Waals surface area contributed by atoms with Crippen LogP contribution in [0.5, 0.6) is 0 Å². The molecule has 2 atom stereocenters. The molecule has 110 valence electrons. The second-order valence-electron chi connectivity index (χ2n) is 6.04. The SMILES string of the molecule is CC(Cc1ccc(Br)cc1)NC1CCCc2ccccc21. The minimum atomic E-state index is 0.488. The van der Waals surface area contributed by atoms with Crippen LogP contribution in [-0.2, 0) is 12.8 Å². The van der Waals surface area contributed by atoms with Crippen LogP contribution in [0.25, 0.3) is 0 Å². The fourth-order valence-electron chi connectivity index (χ4n) is 3.30. The smallest absolute Gasteiger partial charge is 0.0325 e. The van der Waals surface area contributed by atoms with E-state index in [1.165, 1.54) is 36.0 Å². The van der Waals surface area contributed by atoms with Gasteiger partial charge in [-0.2, -0.15) is 0 Å². The van der Waals surface area contributed by atoms with Gasteiger partial charge in [-0.1, -0.05) is 52.3 Å². The van der Waals surface area contributed by atoms with E-state index in [1.54, 1.807) is 0 Å². The predicted molar refractivity (Wildman–Crippen MR) is 92.6 cm³/mol. The van der Waals surface area contributed by atoms with Crippen molar-refractivity contribution < 1.29 is 0 Å². The van der Waals surface area contributed by atoms with Gasteiger partial charge in [0, 0.05) is 16.6 Å². The van der Waals surface area contributed by atoms with E-state index >= 15 is 0 Å². The van der Waals surface area contributed by atoms with Gasteiger partial charge >= 0.3 is 0 Å². The molecule has 0 bridgehead atoms. The summed E-state index contributed by atoms with van der Waals surface area (Å²) < 4.78 is 1.15. The van der Waals surface area contributed by atoms with Crippen LogP contribution in [0, 0.1) is 0 Å². The number of fused-ring (bicyclic) bond motifs is 1. The molecule has 0 radical (unpaired) electrons. The zero-order chi connectivity index (χ0) is 14.7. The van der Waals surface area contributed by atoms with Crippen molar-refractivity contribution in [3.8, 4) is 0 Å². The minimum Gasteiger partial charge on any atom is -0.307 e. The molecule has 2 heteroatoms. The molecule has 0 spiro atoms. The highest BCUT2D eigenvalue weighted by atomic mass is 79.9. The van der Waals surface area contributed by atoms with Gasteiger partial charge in [0.05, 0.1) is 0 Å². The van der Waals surface area contributed by atoms with E-state index < -0.39 is 0 Å². The van der Waals surface area contributed by atoms with Crippen molar-refractivity contribution in [3.63, 3.8) is 0 Å². The first-order chi connectivity index (χ1) is 10.2. The zero-order valence-electron chi connectivity index (χ0n) is 12.5. The van der Waals surface area contributed by atoms with Gasteiger partial charge in [0.15, 0.2) is 0 Å². The molecule has 2 unspecified atom stereocenters. The molecular formula is C19H22BrN. The van der Waals surface area contributed by atoms with E-state index in [0.29, 0.717) is 12.1 Å². The highest BCUT2D eigenvalue weighted by Gasteiger charge is 2.20. The van der Waals surface area contributed by atoms with Crippen molar-refractivity contribution >= 4 is 15.9 Å². The molecule has 0 heterocycles. The van der Waals surface area contributed by atoms with Crippen LogP contribution >= 0.6 is 15.9 Å². The summed E-state index contributed by atoms with van der Waals surface area (Å²) in [7, 11) is 0. The normalized spacial score (nSPS) is 19.0. The summed E-state index contributed by atoms with van der Waals surface area (Å²) in [6, 6.07) is 18.6. The van der Waals surface area contributed by atoms with Crippen LogP contribution in [-0.4, -0.2) is 6.04 Å². The van der Waals surface area contributed by atoms with Gasteiger partial charge < -0.3 is 5.32 Å². The van der Waals surface area contributed by atoms with Gasteiger partial charge in [0.25, 0.3) is 0 Å². The third-order valence-electron chi connectivity index (χ3n) is 4.31. The van der Waals surface area contributed by atoms with E-state index in [9.17, 15) is 0 Å². The Kier molecular flexibility index (Phi) is 4.77. The summed E-state index contributed by atoms with van der Waals surface area (Å²) in [4.78, 5) is 0. The Bertz CT molecular complexity index is 591. The molecule has 1 N–H and O–H groups in total. The molecule has 2 aromatic rings. The minimum absolute atomic E-state index is 0.488. The molecule has 0 aromatic heterocycles. The second-order valence-corrected chi connectivity index (χ2v) is 6.96. The fourth-order valence-corrected chi connectivity index (χ4v) is 3.57. The molecule has 0 amide bonds. The highest BCUT2D eigenvalue weighted by Crippen LogP contribution is 2.30. The van der Waals surface area contributed by atoms with Crippen LogP contribution in [0.2, 0.25) is 0 Å². The molecule has 3 rings (SSSR count). The molecule has 0 saturated carbocycles. The van der Waals surface area contributed by atoms with Crippen molar-refractivity contribution in [1.29, 1.82) is 0 Å². The van der Waals surface area contributed by atoms with Crippen LogP contribution in [0.3, 0.4) is 0 Å². The fraction of sp³-hybridized carbons (Fsp3) is 0.368. The van der Waals surface area contributed by atoms with Crippen LogP contribution in [0.15, 0.2) is 53.0 Å². The van der Waals surface area contributed by atoms with Crippen LogP contribution < -0.4 is 5.32 Å². The Morgan fingerprint density at radius 1 is 1.14 bits per heavy atom. The van der Waals surface area contributed by atoms with Crippen LogP contribution in [0.1, 0.15) is 42.5 Å². The van der Waals surface area contributed by atoms with Gasteiger partial charge in [-0.25, -0.2) is 0 Å². The molecule has 1 nitrogen and oxygen atoms in total. The van der Waals surface area contributed by atoms with Crippen molar-refractivity contribution in [2.24, 2.45) is 0 Å². The van der Waals surface area contributed by atoms with E-state index in [4.69, 9.17) is 0 Å². The summed E-state index contributed by atoms with van der Waals surface area (Å²) in [6.45, 7) is 2.29. The first-order valence-corrected chi connectivity index (χ1v) is 8.60. The Hall–Kier alpha value is -1.12. The molecular weight excluding hydrogens is 322 g/mol. The number of nitrogens with one attached hydrogen (secondary N) is 1. The third-order valence-corrected chi connectivity index (χ3v) is 4.84. The van der Waals surface area contributed by atoms with E-state index in [1.807, 2.05) is 0 Å². The average Bonchev–Trinajstić information content (AvgIpc) is 2.50. The lowest BCUT2D eigenvalue weighted by molar-refractivity contribution is 0.407. The molecule has 0 fully saturated rings. The number of benzene rings is 2. The summed E-state index contributed by atoms with van der Waals surface area (Å²) in [6.07, 6.45) is 4.85. The number of hydrogen-bond donors (Lipinski definition) is 1. The zero-order valence-corrected chi connectivity index (χ0v) is 14.1. The van der Waals surface area contributed by atoms with Crippen molar-refractivity contribution in [2.75, 3.05) is 0 Å². The first kappa shape index (κ1) is 14.8. The largest absolute Gasteiger partial charge is 0.307 e. The standard InChI is InChI=1S/C19H22BrN/c1-14(13-15-9-11-17(20)12-10-15)21-19-8-4-6-16-5-2-3-7-18(16)19/h2-3,5,7,9-12,14,19,21H,4,6,8,13H2,1H3. The van der Waals surface area contributed by atoms with Crippen molar-refractivity contribution in [3.05, 3.63) is 69.7 Å². The van der Waals surface area contributed by atoms with Gasteiger partial charge in [-0.3, -0.25) is 0 Å². The Morgan fingerprint density at radius 3 is 2.71 bits per heavy atom. The Morgan fingerprint density at radius 2 is 1.90 bits per heavy atom. The van der Waals surface area contributed by atoms with Gasteiger partial charge in [-0.15, -0.1) is 0 Å². The van der Waals surface area contributed by atoms with E-state index in [-0.39, 0.29) is 0 Å². The molecule has 21 heavy (non-hydrogen) atoms.